The van der Waals surface area contributed by atoms with Crippen molar-refractivity contribution in [2.24, 2.45) is 0 Å². The summed E-state index contributed by atoms with van der Waals surface area (Å²) in [4.78, 5) is 16.6. The Labute approximate surface area is 114 Å². The number of benzene rings is 1. The first kappa shape index (κ1) is 13.6. The number of rotatable bonds is 2. The zero-order valence-electron chi connectivity index (χ0n) is 11.5. The van der Waals surface area contributed by atoms with Crippen LogP contribution in [0, 0.1) is 11.3 Å². The van der Waals surface area contributed by atoms with Gasteiger partial charge < -0.3 is 4.90 Å². The highest BCUT2D eigenvalue weighted by Crippen LogP contribution is 2.14. The number of amides is 1. The highest BCUT2D eigenvalue weighted by molar-refractivity contribution is 5.94. The van der Waals surface area contributed by atoms with E-state index in [2.05, 4.69) is 24.9 Å². The van der Waals surface area contributed by atoms with Crippen LogP contribution in [0.3, 0.4) is 0 Å². The van der Waals surface area contributed by atoms with E-state index < -0.39 is 0 Å². The Balaban J connectivity index is 2.09. The van der Waals surface area contributed by atoms with Gasteiger partial charge in [-0.1, -0.05) is 6.92 Å². The number of likely N-dealkylation sites (N-methyl/N-ethyl adjacent to an activating group) is 1. The molecule has 1 fully saturated rings. The molecule has 0 aliphatic carbocycles. The van der Waals surface area contributed by atoms with E-state index in [0.29, 0.717) is 17.2 Å². The lowest BCUT2D eigenvalue weighted by atomic mass is 10.1. The molecular weight excluding hydrogens is 238 g/mol. The van der Waals surface area contributed by atoms with E-state index in [9.17, 15) is 4.79 Å². The first-order valence-corrected chi connectivity index (χ1v) is 6.65. The molecule has 1 atom stereocenters. The summed E-state index contributed by atoms with van der Waals surface area (Å²) < 4.78 is 0. The standard InChI is InChI=1S/C15H19N3O/c1-3-14-11-18(9-8-17(14)2)15(19)13-6-4-12(10-16)5-7-13/h4-7,14H,3,8-9,11H2,1-2H3. The summed E-state index contributed by atoms with van der Waals surface area (Å²) in [5, 5.41) is 8.76. The molecule has 4 heteroatoms. The Bertz CT molecular complexity index is 489. The van der Waals surface area contributed by atoms with Crippen LogP contribution in [0.15, 0.2) is 24.3 Å². The number of nitriles is 1. The summed E-state index contributed by atoms with van der Waals surface area (Å²) in [6.07, 6.45) is 1.05. The zero-order chi connectivity index (χ0) is 13.8. The van der Waals surface area contributed by atoms with Crippen LogP contribution < -0.4 is 0 Å². The normalized spacial score (nSPS) is 20.1. The number of hydrogen-bond donors (Lipinski definition) is 0. The summed E-state index contributed by atoms with van der Waals surface area (Å²) in [7, 11) is 2.11. The molecule has 0 spiro atoms. The highest BCUT2D eigenvalue weighted by Gasteiger charge is 2.26. The summed E-state index contributed by atoms with van der Waals surface area (Å²) in [6, 6.07) is 9.37. The predicted octanol–water partition coefficient (Wildman–Crippen LogP) is 1.72. The lowest BCUT2D eigenvalue weighted by Gasteiger charge is -2.39. The molecular formula is C15H19N3O. The molecule has 1 amide bonds. The van der Waals surface area contributed by atoms with E-state index in [-0.39, 0.29) is 5.91 Å². The first-order valence-electron chi connectivity index (χ1n) is 6.65. The van der Waals surface area contributed by atoms with Gasteiger partial charge in [-0.15, -0.1) is 0 Å². The Kier molecular flexibility index (Phi) is 4.18. The minimum absolute atomic E-state index is 0.0658. The fraction of sp³-hybridized carbons (Fsp3) is 0.467. The van der Waals surface area contributed by atoms with Gasteiger partial charge in [-0.25, -0.2) is 0 Å². The Morgan fingerprint density at radius 1 is 1.37 bits per heavy atom. The predicted molar refractivity (Wildman–Crippen MR) is 73.8 cm³/mol. The van der Waals surface area contributed by atoms with Crippen molar-refractivity contribution < 1.29 is 4.79 Å². The van der Waals surface area contributed by atoms with Crippen LogP contribution in [-0.2, 0) is 0 Å². The molecule has 1 aliphatic rings. The molecule has 1 unspecified atom stereocenters. The number of carbonyl (C=O) groups is 1. The molecule has 0 aromatic heterocycles. The van der Waals surface area contributed by atoms with E-state index in [1.807, 2.05) is 4.90 Å². The number of hydrogen-bond acceptors (Lipinski definition) is 3. The molecule has 100 valence electrons. The van der Waals surface area contributed by atoms with Crippen molar-refractivity contribution in [1.82, 2.24) is 9.80 Å². The van der Waals surface area contributed by atoms with Gasteiger partial charge in [0.2, 0.25) is 0 Å². The van der Waals surface area contributed by atoms with Gasteiger partial charge in [0.15, 0.2) is 0 Å². The molecule has 4 nitrogen and oxygen atoms in total. The summed E-state index contributed by atoms with van der Waals surface area (Å²) >= 11 is 0. The van der Waals surface area contributed by atoms with Crippen molar-refractivity contribution in [3.8, 4) is 6.07 Å². The topological polar surface area (TPSA) is 47.3 Å². The summed E-state index contributed by atoms with van der Waals surface area (Å²) in [5.74, 6) is 0.0658. The Morgan fingerprint density at radius 2 is 2.05 bits per heavy atom. The van der Waals surface area contributed by atoms with Crippen LogP contribution in [0.4, 0.5) is 0 Å². The van der Waals surface area contributed by atoms with Gasteiger partial charge in [-0.2, -0.15) is 5.26 Å². The second kappa shape index (κ2) is 5.85. The molecule has 1 aliphatic heterocycles. The van der Waals surface area contributed by atoms with Crippen molar-refractivity contribution in [1.29, 1.82) is 5.26 Å². The van der Waals surface area contributed by atoms with Crippen LogP contribution in [0.5, 0.6) is 0 Å². The molecule has 0 saturated carbocycles. The largest absolute Gasteiger partial charge is 0.336 e. The van der Waals surface area contributed by atoms with E-state index in [0.717, 1.165) is 26.1 Å². The maximum absolute atomic E-state index is 12.4. The highest BCUT2D eigenvalue weighted by atomic mass is 16.2. The molecule has 1 heterocycles. The Morgan fingerprint density at radius 3 is 2.63 bits per heavy atom. The van der Waals surface area contributed by atoms with Gasteiger partial charge in [0, 0.05) is 31.2 Å². The van der Waals surface area contributed by atoms with Gasteiger partial charge in [-0.3, -0.25) is 9.69 Å². The third kappa shape index (κ3) is 2.94. The molecule has 0 N–H and O–H groups in total. The van der Waals surface area contributed by atoms with Crippen molar-refractivity contribution in [3.05, 3.63) is 35.4 Å². The maximum Gasteiger partial charge on any atom is 0.253 e. The lowest BCUT2D eigenvalue weighted by Crippen LogP contribution is -2.52. The molecule has 0 radical (unpaired) electrons. The van der Waals surface area contributed by atoms with Crippen molar-refractivity contribution in [2.45, 2.75) is 19.4 Å². The minimum atomic E-state index is 0.0658. The van der Waals surface area contributed by atoms with Crippen molar-refractivity contribution in [3.63, 3.8) is 0 Å². The monoisotopic (exact) mass is 257 g/mol. The van der Waals surface area contributed by atoms with E-state index >= 15 is 0 Å². The van der Waals surface area contributed by atoms with E-state index in [4.69, 9.17) is 5.26 Å². The van der Waals surface area contributed by atoms with Gasteiger partial charge in [0.25, 0.3) is 5.91 Å². The smallest absolute Gasteiger partial charge is 0.253 e. The van der Waals surface area contributed by atoms with E-state index in [1.165, 1.54) is 0 Å². The van der Waals surface area contributed by atoms with Crippen molar-refractivity contribution in [2.75, 3.05) is 26.7 Å². The third-order valence-corrected chi connectivity index (χ3v) is 3.80. The first-order chi connectivity index (χ1) is 9.15. The minimum Gasteiger partial charge on any atom is -0.336 e. The quantitative estimate of drug-likeness (QED) is 0.810. The van der Waals surface area contributed by atoms with Crippen LogP contribution in [0.2, 0.25) is 0 Å². The van der Waals surface area contributed by atoms with Crippen LogP contribution in [0.1, 0.15) is 29.3 Å². The lowest BCUT2D eigenvalue weighted by molar-refractivity contribution is 0.0542. The zero-order valence-corrected chi connectivity index (χ0v) is 11.5. The number of carbonyl (C=O) groups excluding carboxylic acids is 1. The SMILES string of the molecule is CCC1CN(C(=O)c2ccc(C#N)cc2)CCN1C. The maximum atomic E-state index is 12.4. The van der Waals surface area contributed by atoms with E-state index in [1.54, 1.807) is 24.3 Å². The fourth-order valence-corrected chi connectivity index (χ4v) is 2.44. The van der Waals surface area contributed by atoms with Gasteiger partial charge in [0.1, 0.15) is 0 Å². The number of nitrogens with zero attached hydrogens (tertiary/aromatic N) is 3. The van der Waals surface area contributed by atoms with Gasteiger partial charge in [0.05, 0.1) is 11.6 Å². The van der Waals surface area contributed by atoms with Gasteiger partial charge in [-0.05, 0) is 37.7 Å². The summed E-state index contributed by atoms with van der Waals surface area (Å²) in [6.45, 7) is 4.62. The second-order valence-corrected chi connectivity index (χ2v) is 4.98. The Hall–Kier alpha value is -1.86. The molecule has 1 aromatic rings. The van der Waals surface area contributed by atoms with Crippen molar-refractivity contribution >= 4 is 5.91 Å². The second-order valence-electron chi connectivity index (χ2n) is 4.98. The summed E-state index contributed by atoms with van der Waals surface area (Å²) in [5.41, 5.74) is 1.25. The molecule has 1 aromatic carbocycles. The van der Waals surface area contributed by atoms with Crippen LogP contribution in [0.25, 0.3) is 0 Å². The van der Waals surface area contributed by atoms with Gasteiger partial charge >= 0.3 is 0 Å². The average Bonchev–Trinajstić information content (AvgIpc) is 2.47. The number of piperazine rings is 1. The average molecular weight is 257 g/mol. The fourth-order valence-electron chi connectivity index (χ4n) is 2.44. The van der Waals surface area contributed by atoms with Crippen LogP contribution in [-0.4, -0.2) is 48.4 Å². The molecule has 1 saturated heterocycles. The molecule has 0 bridgehead atoms. The van der Waals surface area contributed by atoms with Crippen LogP contribution >= 0.6 is 0 Å². The molecule has 19 heavy (non-hydrogen) atoms. The third-order valence-electron chi connectivity index (χ3n) is 3.80. The molecule has 2 rings (SSSR count).